The van der Waals surface area contributed by atoms with E-state index in [2.05, 4.69) is 34.1 Å². The second-order valence-electron chi connectivity index (χ2n) is 4.70. The SMILES string of the molecule is CCCNC(C)c1ccc(Sc2nc(N)cc(N)n2)cn1. The highest BCUT2D eigenvalue weighted by atomic mass is 32.2. The van der Waals surface area contributed by atoms with Crippen LogP contribution in [-0.2, 0) is 0 Å². The number of anilines is 2. The average Bonchev–Trinajstić information content (AvgIpc) is 2.44. The van der Waals surface area contributed by atoms with Crippen LogP contribution in [0.15, 0.2) is 34.4 Å². The van der Waals surface area contributed by atoms with Gasteiger partial charge < -0.3 is 16.8 Å². The third-order valence-electron chi connectivity index (χ3n) is 2.86. The first-order chi connectivity index (χ1) is 10.1. The van der Waals surface area contributed by atoms with E-state index in [1.54, 1.807) is 0 Å². The first kappa shape index (κ1) is 15.5. The molecule has 112 valence electrons. The Bertz CT molecular complexity index is 566. The highest BCUT2D eigenvalue weighted by Gasteiger charge is 2.07. The second-order valence-corrected chi connectivity index (χ2v) is 5.74. The number of rotatable bonds is 6. The Balaban J connectivity index is 2.05. The molecule has 2 heterocycles. The van der Waals surface area contributed by atoms with Crippen molar-refractivity contribution in [2.24, 2.45) is 0 Å². The molecule has 21 heavy (non-hydrogen) atoms. The molecule has 0 spiro atoms. The number of nitrogens with zero attached hydrogens (tertiary/aromatic N) is 3. The fraction of sp³-hybridized carbons (Fsp3) is 0.357. The standard InChI is InChI=1S/C14H20N6S/c1-3-6-17-9(2)11-5-4-10(8-18-11)21-14-19-12(15)7-13(16)20-14/h4-5,7-9,17H,3,6H2,1-2H3,(H4,15,16,19,20). The van der Waals surface area contributed by atoms with Crippen LogP contribution in [-0.4, -0.2) is 21.5 Å². The summed E-state index contributed by atoms with van der Waals surface area (Å²) in [6, 6.07) is 5.78. The van der Waals surface area contributed by atoms with E-state index in [0.717, 1.165) is 23.6 Å². The van der Waals surface area contributed by atoms with E-state index < -0.39 is 0 Å². The van der Waals surface area contributed by atoms with Gasteiger partial charge in [0.05, 0.1) is 5.69 Å². The van der Waals surface area contributed by atoms with Crippen molar-refractivity contribution in [3.05, 3.63) is 30.1 Å². The maximum atomic E-state index is 5.66. The Morgan fingerprint density at radius 1 is 1.24 bits per heavy atom. The predicted molar refractivity (Wildman–Crippen MR) is 85.9 cm³/mol. The number of nitrogens with two attached hydrogens (primary N) is 2. The Hall–Kier alpha value is -1.86. The van der Waals surface area contributed by atoms with Crippen molar-refractivity contribution in [2.45, 2.75) is 36.4 Å². The van der Waals surface area contributed by atoms with E-state index in [1.165, 1.54) is 17.8 Å². The van der Waals surface area contributed by atoms with Crippen LogP contribution in [0.1, 0.15) is 32.0 Å². The Kier molecular flexibility index (Phi) is 5.35. The molecule has 1 unspecified atom stereocenters. The van der Waals surface area contributed by atoms with Crippen molar-refractivity contribution in [1.82, 2.24) is 20.3 Å². The normalized spacial score (nSPS) is 12.3. The lowest BCUT2D eigenvalue weighted by Crippen LogP contribution is -2.20. The van der Waals surface area contributed by atoms with Crippen molar-refractivity contribution in [1.29, 1.82) is 0 Å². The number of nitrogens with one attached hydrogen (secondary N) is 1. The van der Waals surface area contributed by atoms with Crippen LogP contribution in [0.25, 0.3) is 0 Å². The molecule has 0 amide bonds. The number of pyridine rings is 1. The molecule has 1 atom stereocenters. The highest BCUT2D eigenvalue weighted by Crippen LogP contribution is 2.26. The summed E-state index contributed by atoms with van der Waals surface area (Å²) < 4.78 is 0. The zero-order valence-electron chi connectivity index (χ0n) is 12.2. The summed E-state index contributed by atoms with van der Waals surface area (Å²) in [4.78, 5) is 13.7. The molecular formula is C14H20N6S. The fourth-order valence-corrected chi connectivity index (χ4v) is 2.54. The number of aromatic nitrogens is 3. The molecule has 2 aromatic heterocycles. The van der Waals surface area contributed by atoms with Gasteiger partial charge in [0.15, 0.2) is 5.16 Å². The van der Waals surface area contributed by atoms with E-state index >= 15 is 0 Å². The first-order valence-electron chi connectivity index (χ1n) is 6.85. The van der Waals surface area contributed by atoms with Crippen molar-refractivity contribution in [3.63, 3.8) is 0 Å². The molecule has 7 heteroatoms. The summed E-state index contributed by atoms with van der Waals surface area (Å²) in [6.45, 7) is 5.23. The van der Waals surface area contributed by atoms with Crippen molar-refractivity contribution in [2.75, 3.05) is 18.0 Å². The van der Waals surface area contributed by atoms with Crippen LogP contribution in [0.5, 0.6) is 0 Å². The smallest absolute Gasteiger partial charge is 0.196 e. The van der Waals surface area contributed by atoms with E-state index in [4.69, 9.17) is 11.5 Å². The molecule has 0 fully saturated rings. The van der Waals surface area contributed by atoms with E-state index in [0.29, 0.717) is 16.8 Å². The third-order valence-corrected chi connectivity index (χ3v) is 3.70. The highest BCUT2D eigenvalue weighted by molar-refractivity contribution is 7.99. The minimum atomic E-state index is 0.239. The average molecular weight is 304 g/mol. The molecular weight excluding hydrogens is 284 g/mol. The quantitative estimate of drug-likeness (QED) is 0.703. The summed E-state index contributed by atoms with van der Waals surface area (Å²) in [7, 11) is 0. The van der Waals surface area contributed by atoms with Gasteiger partial charge >= 0.3 is 0 Å². The molecule has 0 bridgehead atoms. The zero-order chi connectivity index (χ0) is 15.2. The van der Waals surface area contributed by atoms with Gasteiger partial charge in [-0.25, -0.2) is 9.97 Å². The molecule has 0 saturated carbocycles. The van der Waals surface area contributed by atoms with Crippen molar-refractivity contribution >= 4 is 23.4 Å². The number of hydrogen-bond donors (Lipinski definition) is 3. The van der Waals surface area contributed by atoms with Crippen LogP contribution in [0.2, 0.25) is 0 Å². The molecule has 2 aromatic rings. The van der Waals surface area contributed by atoms with E-state index in [-0.39, 0.29) is 6.04 Å². The van der Waals surface area contributed by atoms with Gasteiger partial charge in [0.25, 0.3) is 0 Å². The fourth-order valence-electron chi connectivity index (χ4n) is 1.79. The van der Waals surface area contributed by atoms with Crippen molar-refractivity contribution in [3.8, 4) is 0 Å². The zero-order valence-corrected chi connectivity index (χ0v) is 13.0. The van der Waals surface area contributed by atoms with Crippen molar-refractivity contribution < 1.29 is 0 Å². The molecule has 2 rings (SSSR count). The largest absolute Gasteiger partial charge is 0.383 e. The maximum Gasteiger partial charge on any atom is 0.196 e. The number of hydrogen-bond acceptors (Lipinski definition) is 7. The van der Waals surface area contributed by atoms with Gasteiger partial charge in [-0.1, -0.05) is 6.92 Å². The maximum absolute atomic E-state index is 5.66. The van der Waals surface area contributed by atoms with Gasteiger partial charge in [0.2, 0.25) is 0 Å². The Morgan fingerprint density at radius 2 is 1.95 bits per heavy atom. The van der Waals surface area contributed by atoms with Crippen LogP contribution in [0, 0.1) is 0 Å². The van der Waals surface area contributed by atoms with Gasteiger partial charge in [-0.15, -0.1) is 0 Å². The summed E-state index contributed by atoms with van der Waals surface area (Å²) in [5.74, 6) is 0.735. The topological polar surface area (TPSA) is 103 Å². The van der Waals surface area contributed by atoms with Crippen LogP contribution < -0.4 is 16.8 Å². The minimum absolute atomic E-state index is 0.239. The van der Waals surface area contributed by atoms with Crippen LogP contribution in [0.3, 0.4) is 0 Å². The summed E-state index contributed by atoms with van der Waals surface area (Å²) in [5.41, 5.74) is 12.3. The molecule has 0 aromatic carbocycles. The summed E-state index contributed by atoms with van der Waals surface area (Å²) in [5, 5.41) is 3.93. The van der Waals surface area contributed by atoms with Crippen LogP contribution in [0.4, 0.5) is 11.6 Å². The molecule has 6 nitrogen and oxygen atoms in total. The summed E-state index contributed by atoms with van der Waals surface area (Å²) >= 11 is 1.39. The molecule has 0 radical (unpaired) electrons. The minimum Gasteiger partial charge on any atom is -0.383 e. The van der Waals surface area contributed by atoms with Gasteiger partial charge in [-0.05, 0) is 43.8 Å². The predicted octanol–water partition coefficient (Wildman–Crippen LogP) is 2.25. The van der Waals surface area contributed by atoms with E-state index in [9.17, 15) is 0 Å². The van der Waals surface area contributed by atoms with Gasteiger partial charge in [-0.2, -0.15) is 0 Å². The summed E-state index contributed by atoms with van der Waals surface area (Å²) in [6.07, 6.45) is 2.92. The molecule has 0 aliphatic rings. The first-order valence-corrected chi connectivity index (χ1v) is 7.67. The molecule has 0 aliphatic heterocycles. The lowest BCUT2D eigenvalue weighted by molar-refractivity contribution is 0.558. The molecule has 0 saturated heterocycles. The lowest BCUT2D eigenvalue weighted by atomic mass is 10.2. The number of nitrogen functional groups attached to an aromatic ring is 2. The van der Waals surface area contributed by atoms with Gasteiger partial charge in [0.1, 0.15) is 11.6 Å². The Labute approximate surface area is 128 Å². The third kappa shape index (κ3) is 4.57. The molecule has 5 N–H and O–H groups in total. The lowest BCUT2D eigenvalue weighted by Gasteiger charge is -2.12. The Morgan fingerprint density at radius 3 is 2.52 bits per heavy atom. The van der Waals surface area contributed by atoms with Crippen LogP contribution >= 0.6 is 11.8 Å². The molecule has 0 aliphatic carbocycles. The van der Waals surface area contributed by atoms with Gasteiger partial charge in [-0.3, -0.25) is 4.98 Å². The second kappa shape index (κ2) is 7.24. The van der Waals surface area contributed by atoms with Gasteiger partial charge in [0, 0.05) is 23.2 Å². The van der Waals surface area contributed by atoms with E-state index in [1.807, 2.05) is 18.3 Å². The monoisotopic (exact) mass is 304 g/mol.